The molecule has 2 aromatic carbocycles. The van der Waals surface area contributed by atoms with Crippen molar-refractivity contribution in [3.05, 3.63) is 58.6 Å². The number of aryl methyl sites for hydroxylation is 1. The number of hydrogen-bond acceptors (Lipinski definition) is 2. The van der Waals surface area contributed by atoms with Crippen LogP contribution < -0.4 is 4.74 Å². The van der Waals surface area contributed by atoms with Crippen molar-refractivity contribution in [3.8, 4) is 11.5 Å². The van der Waals surface area contributed by atoms with Gasteiger partial charge in [0.05, 0.1) is 6.61 Å². The molecule has 0 bridgehead atoms. The maximum atomic E-state index is 9.23. The lowest BCUT2D eigenvalue weighted by atomic mass is 10.2. The van der Waals surface area contributed by atoms with Gasteiger partial charge in [0.2, 0.25) is 0 Å². The molecule has 0 radical (unpaired) electrons. The summed E-state index contributed by atoms with van der Waals surface area (Å²) in [4.78, 5) is 0. The Bertz CT molecular complexity index is 506. The van der Waals surface area contributed by atoms with Crippen LogP contribution in [-0.2, 0) is 6.61 Å². The maximum Gasteiger partial charge on any atom is 0.133 e. The van der Waals surface area contributed by atoms with E-state index >= 15 is 0 Å². The van der Waals surface area contributed by atoms with Gasteiger partial charge in [0.1, 0.15) is 11.5 Å². The Morgan fingerprint density at radius 1 is 1.12 bits per heavy atom. The van der Waals surface area contributed by atoms with Gasteiger partial charge in [-0.15, -0.1) is 0 Å². The van der Waals surface area contributed by atoms with Crippen LogP contribution in [0.25, 0.3) is 0 Å². The Balaban J connectivity index is 2.26. The lowest BCUT2D eigenvalue weighted by molar-refractivity contribution is 0.276. The van der Waals surface area contributed by atoms with E-state index in [1.165, 1.54) is 5.56 Å². The molecule has 17 heavy (non-hydrogen) atoms. The Morgan fingerprint density at radius 3 is 2.47 bits per heavy atom. The number of benzene rings is 2. The summed E-state index contributed by atoms with van der Waals surface area (Å²) in [5, 5.41) is 9.81. The summed E-state index contributed by atoms with van der Waals surface area (Å²) in [5.74, 6) is 1.37. The highest BCUT2D eigenvalue weighted by Crippen LogP contribution is 2.28. The average Bonchev–Trinajstić information content (AvgIpc) is 2.34. The van der Waals surface area contributed by atoms with E-state index in [1.54, 1.807) is 18.2 Å². The van der Waals surface area contributed by atoms with Crippen LogP contribution in [-0.4, -0.2) is 5.11 Å². The summed E-state index contributed by atoms with van der Waals surface area (Å²) in [6.07, 6.45) is 0. The molecule has 0 heterocycles. The third kappa shape index (κ3) is 2.99. The van der Waals surface area contributed by atoms with Crippen molar-refractivity contribution in [2.24, 2.45) is 0 Å². The summed E-state index contributed by atoms with van der Waals surface area (Å²) >= 11 is 5.85. The first-order chi connectivity index (χ1) is 8.19. The van der Waals surface area contributed by atoms with Crippen LogP contribution in [0.3, 0.4) is 0 Å². The lowest BCUT2D eigenvalue weighted by Gasteiger charge is -2.10. The van der Waals surface area contributed by atoms with Crippen LogP contribution in [0.4, 0.5) is 0 Å². The van der Waals surface area contributed by atoms with E-state index in [1.807, 2.05) is 31.2 Å². The number of aliphatic hydroxyl groups excluding tert-OH is 1. The van der Waals surface area contributed by atoms with Crippen molar-refractivity contribution in [1.82, 2.24) is 0 Å². The van der Waals surface area contributed by atoms with Crippen molar-refractivity contribution in [3.63, 3.8) is 0 Å². The first kappa shape index (κ1) is 12.0. The molecule has 2 aromatic rings. The van der Waals surface area contributed by atoms with Crippen molar-refractivity contribution in [1.29, 1.82) is 0 Å². The van der Waals surface area contributed by atoms with E-state index in [2.05, 4.69) is 0 Å². The second-order valence-corrected chi connectivity index (χ2v) is 4.26. The smallest absolute Gasteiger partial charge is 0.133 e. The summed E-state index contributed by atoms with van der Waals surface area (Å²) in [5.41, 5.74) is 1.86. The number of halogens is 1. The maximum absolute atomic E-state index is 9.23. The van der Waals surface area contributed by atoms with E-state index in [0.717, 1.165) is 5.75 Å². The van der Waals surface area contributed by atoms with E-state index < -0.39 is 0 Å². The number of hydrogen-bond donors (Lipinski definition) is 1. The van der Waals surface area contributed by atoms with Crippen LogP contribution in [0.5, 0.6) is 11.5 Å². The van der Waals surface area contributed by atoms with E-state index in [4.69, 9.17) is 16.3 Å². The summed E-state index contributed by atoms with van der Waals surface area (Å²) < 4.78 is 5.69. The van der Waals surface area contributed by atoms with Gasteiger partial charge in [-0.3, -0.25) is 0 Å². The fraction of sp³-hybridized carbons (Fsp3) is 0.143. The molecule has 1 N–H and O–H groups in total. The Morgan fingerprint density at radius 2 is 1.82 bits per heavy atom. The molecule has 0 amide bonds. The minimum atomic E-state index is -0.0955. The molecule has 0 aromatic heterocycles. The monoisotopic (exact) mass is 248 g/mol. The normalized spacial score (nSPS) is 10.3. The van der Waals surface area contributed by atoms with Crippen molar-refractivity contribution >= 4 is 11.6 Å². The highest BCUT2D eigenvalue weighted by Gasteiger charge is 2.05. The summed E-state index contributed by atoms with van der Waals surface area (Å²) in [7, 11) is 0. The molecule has 0 unspecified atom stereocenters. The quantitative estimate of drug-likeness (QED) is 0.892. The molecule has 0 atom stereocenters. The molecule has 2 rings (SSSR count). The molecule has 2 nitrogen and oxygen atoms in total. The number of ether oxygens (including phenoxy) is 1. The molecular weight excluding hydrogens is 236 g/mol. The predicted molar refractivity (Wildman–Crippen MR) is 68.6 cm³/mol. The Kier molecular flexibility index (Phi) is 3.67. The van der Waals surface area contributed by atoms with Gasteiger partial charge in [-0.1, -0.05) is 29.3 Å². The van der Waals surface area contributed by atoms with Gasteiger partial charge in [0.25, 0.3) is 0 Å². The van der Waals surface area contributed by atoms with Gasteiger partial charge in [-0.25, -0.2) is 0 Å². The highest BCUT2D eigenvalue weighted by molar-refractivity contribution is 6.30. The van der Waals surface area contributed by atoms with Crippen LogP contribution in [0.1, 0.15) is 11.1 Å². The minimum absolute atomic E-state index is 0.0955. The zero-order chi connectivity index (χ0) is 12.3. The molecule has 0 saturated carbocycles. The third-order valence-electron chi connectivity index (χ3n) is 2.44. The minimum Gasteiger partial charge on any atom is -0.457 e. The van der Waals surface area contributed by atoms with Gasteiger partial charge in [-0.2, -0.15) is 0 Å². The molecule has 0 saturated heterocycles. The molecule has 0 spiro atoms. The first-order valence-corrected chi connectivity index (χ1v) is 5.70. The van der Waals surface area contributed by atoms with Crippen LogP contribution in [0.15, 0.2) is 42.5 Å². The number of aliphatic hydroxyl groups is 1. The molecule has 0 aliphatic carbocycles. The number of rotatable bonds is 3. The van der Waals surface area contributed by atoms with Gasteiger partial charge in [0.15, 0.2) is 0 Å². The second kappa shape index (κ2) is 5.21. The molecule has 3 heteroatoms. The summed E-state index contributed by atoms with van der Waals surface area (Å²) in [6, 6.07) is 12.9. The largest absolute Gasteiger partial charge is 0.457 e. The fourth-order valence-electron chi connectivity index (χ4n) is 1.50. The van der Waals surface area contributed by atoms with E-state index in [0.29, 0.717) is 16.3 Å². The molecule has 0 aliphatic heterocycles. The van der Waals surface area contributed by atoms with Gasteiger partial charge in [-0.05, 0) is 37.3 Å². The average molecular weight is 249 g/mol. The topological polar surface area (TPSA) is 29.5 Å². The van der Waals surface area contributed by atoms with Gasteiger partial charge < -0.3 is 9.84 Å². The molecular formula is C14H13ClO2. The highest BCUT2D eigenvalue weighted by atomic mass is 35.5. The Hall–Kier alpha value is -1.51. The lowest BCUT2D eigenvalue weighted by Crippen LogP contribution is -1.91. The fourth-order valence-corrected chi connectivity index (χ4v) is 1.70. The molecule has 88 valence electrons. The predicted octanol–water partition coefficient (Wildman–Crippen LogP) is 3.93. The summed E-state index contributed by atoms with van der Waals surface area (Å²) in [6.45, 7) is 1.92. The van der Waals surface area contributed by atoms with Crippen LogP contribution in [0.2, 0.25) is 5.02 Å². The van der Waals surface area contributed by atoms with Crippen molar-refractivity contribution in [2.45, 2.75) is 13.5 Å². The van der Waals surface area contributed by atoms with Crippen LogP contribution in [0, 0.1) is 6.92 Å². The third-order valence-corrected chi connectivity index (χ3v) is 2.68. The standard InChI is InChI=1S/C14H13ClO2/c1-10-2-5-13(6-3-10)17-14-7-4-12(15)8-11(14)9-16/h2-8,16H,9H2,1H3. The van der Waals surface area contributed by atoms with Gasteiger partial charge in [0, 0.05) is 10.6 Å². The zero-order valence-corrected chi connectivity index (χ0v) is 10.2. The van der Waals surface area contributed by atoms with E-state index in [9.17, 15) is 5.11 Å². The zero-order valence-electron chi connectivity index (χ0n) is 9.48. The van der Waals surface area contributed by atoms with Crippen molar-refractivity contribution < 1.29 is 9.84 Å². The Labute approximate surface area is 105 Å². The van der Waals surface area contributed by atoms with Crippen molar-refractivity contribution in [2.75, 3.05) is 0 Å². The van der Waals surface area contributed by atoms with Gasteiger partial charge >= 0.3 is 0 Å². The first-order valence-electron chi connectivity index (χ1n) is 5.33. The molecule has 0 aliphatic rings. The molecule has 0 fully saturated rings. The van der Waals surface area contributed by atoms with E-state index in [-0.39, 0.29) is 6.61 Å². The second-order valence-electron chi connectivity index (χ2n) is 3.83. The van der Waals surface area contributed by atoms with Crippen LogP contribution >= 0.6 is 11.6 Å². The SMILES string of the molecule is Cc1ccc(Oc2ccc(Cl)cc2CO)cc1.